The molecule has 3 atom stereocenters. The highest BCUT2D eigenvalue weighted by Crippen LogP contribution is 2.59. The minimum Gasteiger partial charge on any atom is -0.471 e. The topological polar surface area (TPSA) is 38.3 Å². The van der Waals surface area contributed by atoms with E-state index >= 15 is 0 Å². The third kappa shape index (κ3) is 2.04. The molecule has 1 amide bonds. The molecule has 102 valence electrons. The average Bonchev–Trinajstić information content (AvgIpc) is 2.71. The van der Waals surface area contributed by atoms with E-state index in [1.807, 2.05) is 25.1 Å². The second-order valence-corrected chi connectivity index (χ2v) is 8.19. The third-order valence-electron chi connectivity index (χ3n) is 4.35. The molecule has 3 unspecified atom stereocenters. The molecule has 1 aromatic rings. The molecule has 0 radical (unpaired) electrons. The summed E-state index contributed by atoms with van der Waals surface area (Å²) < 4.78 is 6.15. The maximum absolute atomic E-state index is 12.5. The molecule has 19 heavy (non-hydrogen) atoms. The third-order valence-corrected chi connectivity index (χ3v) is 6.54. The largest absolute Gasteiger partial charge is 0.471 e. The molecule has 2 aliphatic heterocycles. The number of anilines is 1. The number of amides is 1. The number of ether oxygens (including phenoxy) is 1. The molecule has 1 spiro atoms. The van der Waals surface area contributed by atoms with Gasteiger partial charge in [0.1, 0.15) is 5.75 Å². The van der Waals surface area contributed by atoms with Crippen LogP contribution < -0.4 is 10.1 Å². The number of carbonyl (C=O) groups excluding carboxylic acids is 1. The molecule has 0 bridgehead atoms. The number of carbonyl (C=O) groups is 1. The molecule has 3 rings (SSSR count). The lowest BCUT2D eigenvalue weighted by Gasteiger charge is -2.36. The van der Waals surface area contributed by atoms with Gasteiger partial charge in [-0.15, -0.1) is 0 Å². The molecule has 0 aromatic heterocycles. The number of benzene rings is 1. The predicted molar refractivity (Wildman–Crippen MR) is 79.4 cm³/mol. The molecule has 1 saturated heterocycles. The number of fused-ring (bicyclic) bond motifs is 1. The SMILES string of the molecule is CCC1(C)CCC2(Oc3ccc(C)cc3NC2=O)P1. The molecule has 3 nitrogen and oxygen atoms in total. The van der Waals surface area contributed by atoms with Crippen LogP contribution in [-0.2, 0) is 4.79 Å². The van der Waals surface area contributed by atoms with Crippen molar-refractivity contribution < 1.29 is 9.53 Å². The number of rotatable bonds is 1. The standard InChI is InChI=1S/C15H20NO2P/c1-4-14(3)7-8-15(19-14)13(17)16-11-9-10(2)5-6-12(11)18-15/h5-6,9,19H,4,7-8H2,1-3H3,(H,16,17). The summed E-state index contributed by atoms with van der Waals surface area (Å²) in [6.45, 7) is 6.48. The van der Waals surface area contributed by atoms with Crippen molar-refractivity contribution in [1.82, 2.24) is 0 Å². The van der Waals surface area contributed by atoms with Crippen molar-refractivity contribution in [2.24, 2.45) is 0 Å². The quantitative estimate of drug-likeness (QED) is 0.795. The van der Waals surface area contributed by atoms with Gasteiger partial charge in [-0.2, -0.15) is 0 Å². The van der Waals surface area contributed by atoms with Crippen LogP contribution >= 0.6 is 8.58 Å². The molecular formula is C15H20NO2P. The van der Waals surface area contributed by atoms with Gasteiger partial charge in [-0.25, -0.2) is 0 Å². The van der Waals surface area contributed by atoms with Gasteiger partial charge in [-0.1, -0.05) is 28.5 Å². The summed E-state index contributed by atoms with van der Waals surface area (Å²) in [6.07, 6.45) is 3.00. The Labute approximate surface area is 115 Å². The van der Waals surface area contributed by atoms with Crippen LogP contribution in [0.5, 0.6) is 5.75 Å². The van der Waals surface area contributed by atoms with E-state index < -0.39 is 5.34 Å². The molecule has 2 heterocycles. The van der Waals surface area contributed by atoms with Gasteiger partial charge in [-0.05, 0) is 42.6 Å². The molecule has 2 aliphatic rings. The summed E-state index contributed by atoms with van der Waals surface area (Å²) in [4.78, 5) is 12.5. The highest BCUT2D eigenvalue weighted by molar-refractivity contribution is 7.43. The highest BCUT2D eigenvalue weighted by Gasteiger charge is 2.53. The van der Waals surface area contributed by atoms with Crippen molar-refractivity contribution in [3.8, 4) is 5.75 Å². The van der Waals surface area contributed by atoms with Gasteiger partial charge in [0.15, 0.2) is 0 Å². The normalized spacial score (nSPS) is 34.2. The van der Waals surface area contributed by atoms with Crippen molar-refractivity contribution >= 4 is 20.2 Å². The van der Waals surface area contributed by atoms with E-state index in [0.717, 1.165) is 36.3 Å². The van der Waals surface area contributed by atoms with E-state index in [1.54, 1.807) is 0 Å². The summed E-state index contributed by atoms with van der Waals surface area (Å²) in [5, 5.41) is 2.67. The van der Waals surface area contributed by atoms with Crippen molar-refractivity contribution in [3.63, 3.8) is 0 Å². The van der Waals surface area contributed by atoms with Crippen LogP contribution in [0.15, 0.2) is 18.2 Å². The van der Waals surface area contributed by atoms with Gasteiger partial charge < -0.3 is 10.1 Å². The molecule has 1 aromatic carbocycles. The van der Waals surface area contributed by atoms with Gasteiger partial charge in [0, 0.05) is 6.42 Å². The van der Waals surface area contributed by atoms with Crippen LogP contribution in [0.1, 0.15) is 38.7 Å². The first kappa shape index (κ1) is 12.9. The van der Waals surface area contributed by atoms with Crippen molar-refractivity contribution in [1.29, 1.82) is 0 Å². The fourth-order valence-electron chi connectivity index (χ4n) is 2.86. The lowest BCUT2D eigenvalue weighted by molar-refractivity contribution is -0.125. The predicted octanol–water partition coefficient (Wildman–Crippen LogP) is 3.66. The van der Waals surface area contributed by atoms with Crippen LogP contribution in [0, 0.1) is 6.92 Å². The van der Waals surface area contributed by atoms with Gasteiger partial charge in [0.05, 0.1) is 5.69 Å². The number of hydrogen-bond donors (Lipinski definition) is 1. The molecule has 1 N–H and O–H groups in total. The van der Waals surface area contributed by atoms with Crippen LogP contribution in [0.2, 0.25) is 0 Å². The Morgan fingerprint density at radius 1 is 1.42 bits per heavy atom. The van der Waals surface area contributed by atoms with E-state index in [4.69, 9.17) is 4.74 Å². The Morgan fingerprint density at radius 2 is 2.21 bits per heavy atom. The Morgan fingerprint density at radius 3 is 2.89 bits per heavy atom. The fourth-order valence-corrected chi connectivity index (χ4v) is 4.85. The summed E-state index contributed by atoms with van der Waals surface area (Å²) in [5.74, 6) is 0.860. The van der Waals surface area contributed by atoms with Crippen molar-refractivity contribution in [2.75, 3.05) is 5.32 Å². The van der Waals surface area contributed by atoms with Gasteiger partial charge in [0.2, 0.25) is 5.34 Å². The van der Waals surface area contributed by atoms with Crippen LogP contribution in [0.4, 0.5) is 5.69 Å². The summed E-state index contributed by atoms with van der Waals surface area (Å²) in [5.41, 5.74) is 1.94. The van der Waals surface area contributed by atoms with Gasteiger partial charge in [0.25, 0.3) is 5.91 Å². The number of aryl methyl sites for hydroxylation is 1. The zero-order chi connectivity index (χ0) is 13.7. The Bertz CT molecular complexity index is 545. The van der Waals surface area contributed by atoms with E-state index in [9.17, 15) is 4.79 Å². The minimum absolute atomic E-state index is 0.0427. The van der Waals surface area contributed by atoms with Gasteiger partial charge in [-0.3, -0.25) is 4.79 Å². The molecule has 4 heteroatoms. The average molecular weight is 277 g/mol. The zero-order valence-corrected chi connectivity index (χ0v) is 12.7. The Balaban J connectivity index is 1.95. The molecule has 1 fully saturated rings. The number of nitrogens with one attached hydrogen (secondary N) is 1. The summed E-state index contributed by atoms with van der Waals surface area (Å²) >= 11 is 0. The van der Waals surface area contributed by atoms with E-state index in [-0.39, 0.29) is 11.1 Å². The van der Waals surface area contributed by atoms with Crippen LogP contribution in [0.3, 0.4) is 0 Å². The zero-order valence-electron chi connectivity index (χ0n) is 11.7. The number of hydrogen-bond acceptors (Lipinski definition) is 2. The lowest BCUT2D eigenvalue weighted by atomic mass is 9.99. The minimum atomic E-state index is -0.618. The maximum Gasteiger partial charge on any atom is 0.272 e. The van der Waals surface area contributed by atoms with Gasteiger partial charge >= 0.3 is 0 Å². The highest BCUT2D eigenvalue weighted by atomic mass is 31.1. The molecule has 0 saturated carbocycles. The van der Waals surface area contributed by atoms with Crippen molar-refractivity contribution in [2.45, 2.75) is 50.5 Å². The first-order valence-corrected chi connectivity index (χ1v) is 7.87. The van der Waals surface area contributed by atoms with E-state index in [1.165, 1.54) is 0 Å². The Kier molecular flexibility index (Phi) is 2.86. The van der Waals surface area contributed by atoms with E-state index in [0.29, 0.717) is 8.58 Å². The summed E-state index contributed by atoms with van der Waals surface area (Å²) in [7, 11) is 0.528. The smallest absolute Gasteiger partial charge is 0.272 e. The second kappa shape index (κ2) is 4.21. The maximum atomic E-state index is 12.5. The van der Waals surface area contributed by atoms with Crippen LogP contribution in [0.25, 0.3) is 0 Å². The fraction of sp³-hybridized carbons (Fsp3) is 0.533. The van der Waals surface area contributed by atoms with E-state index in [2.05, 4.69) is 19.2 Å². The summed E-state index contributed by atoms with van der Waals surface area (Å²) in [6, 6.07) is 5.97. The molecular weight excluding hydrogens is 257 g/mol. The van der Waals surface area contributed by atoms with Crippen LogP contribution in [-0.4, -0.2) is 16.4 Å². The first-order valence-electron chi connectivity index (χ1n) is 6.87. The lowest BCUT2D eigenvalue weighted by Crippen LogP contribution is -2.45. The Hall–Kier alpha value is -1.08. The second-order valence-electron chi connectivity index (χ2n) is 5.92. The van der Waals surface area contributed by atoms with Crippen molar-refractivity contribution in [3.05, 3.63) is 23.8 Å². The first-order chi connectivity index (χ1) is 8.96. The molecule has 0 aliphatic carbocycles. The monoisotopic (exact) mass is 277 g/mol.